The second kappa shape index (κ2) is 5.34. The van der Waals surface area contributed by atoms with Gasteiger partial charge >= 0.3 is 0 Å². The van der Waals surface area contributed by atoms with Crippen LogP contribution < -0.4 is 5.73 Å². The number of thiophene rings is 1. The Hall–Kier alpha value is -1.72. The monoisotopic (exact) mass is 289 g/mol. The first-order chi connectivity index (χ1) is 9.63. The van der Waals surface area contributed by atoms with Crippen LogP contribution in [0.5, 0.6) is 0 Å². The number of nitrogens with two attached hydrogens (primary N) is 1. The molecule has 5 heteroatoms. The van der Waals surface area contributed by atoms with Crippen LogP contribution in [0.4, 0.5) is 4.39 Å². The summed E-state index contributed by atoms with van der Waals surface area (Å²) < 4.78 is 16.1. The van der Waals surface area contributed by atoms with E-state index < -0.39 is 0 Å². The van der Waals surface area contributed by atoms with Crippen LogP contribution in [-0.2, 0) is 13.5 Å². The van der Waals surface area contributed by atoms with Gasteiger partial charge < -0.3 is 5.73 Å². The molecule has 3 aromatic rings. The highest BCUT2D eigenvalue weighted by Gasteiger charge is 2.11. The fourth-order valence-electron chi connectivity index (χ4n) is 2.31. The van der Waals surface area contributed by atoms with Gasteiger partial charge in [0.25, 0.3) is 0 Å². The third-order valence-corrected chi connectivity index (χ3v) is 4.74. The number of halogens is 1. The van der Waals surface area contributed by atoms with Gasteiger partial charge in [-0.3, -0.25) is 4.68 Å². The molecular weight excluding hydrogens is 273 g/mol. The van der Waals surface area contributed by atoms with Crippen LogP contribution >= 0.6 is 11.3 Å². The van der Waals surface area contributed by atoms with E-state index in [1.165, 1.54) is 11.8 Å². The Morgan fingerprint density at radius 1 is 1.35 bits per heavy atom. The van der Waals surface area contributed by atoms with Crippen molar-refractivity contribution in [2.75, 3.05) is 0 Å². The summed E-state index contributed by atoms with van der Waals surface area (Å²) in [7, 11) is 1.93. The molecule has 0 aliphatic heterocycles. The molecule has 3 nitrogen and oxygen atoms in total. The summed E-state index contributed by atoms with van der Waals surface area (Å²) in [6, 6.07) is 8.84. The number of hydrogen-bond acceptors (Lipinski definition) is 3. The minimum atomic E-state index is -0.203. The average Bonchev–Trinajstić information content (AvgIpc) is 3.01. The maximum atomic E-state index is 13.2. The van der Waals surface area contributed by atoms with Crippen molar-refractivity contribution in [2.24, 2.45) is 12.8 Å². The highest BCUT2D eigenvalue weighted by atomic mass is 32.1. The molecule has 1 unspecified atom stereocenters. The van der Waals surface area contributed by atoms with E-state index in [0.29, 0.717) is 0 Å². The fourth-order valence-corrected chi connectivity index (χ4v) is 3.39. The summed E-state index contributed by atoms with van der Waals surface area (Å²) in [6.07, 6.45) is 3.54. The van der Waals surface area contributed by atoms with Gasteiger partial charge in [-0.05, 0) is 48.6 Å². The van der Waals surface area contributed by atoms with Gasteiger partial charge in [0.2, 0.25) is 0 Å². The summed E-state index contributed by atoms with van der Waals surface area (Å²) in [6.45, 7) is 0. The summed E-state index contributed by atoms with van der Waals surface area (Å²) in [5.74, 6) is -0.203. The normalized spacial score (nSPS) is 12.9. The summed E-state index contributed by atoms with van der Waals surface area (Å²) in [5, 5.41) is 5.08. The Bertz CT molecular complexity index is 732. The quantitative estimate of drug-likeness (QED) is 0.800. The van der Waals surface area contributed by atoms with E-state index in [4.69, 9.17) is 5.73 Å². The summed E-state index contributed by atoms with van der Waals surface area (Å²) in [4.78, 5) is 1.10. The largest absolute Gasteiger partial charge is 0.323 e. The number of aromatic nitrogens is 2. The number of nitrogens with zero attached hydrogens (tertiary/aromatic N) is 2. The predicted molar refractivity (Wildman–Crippen MR) is 80.2 cm³/mol. The minimum absolute atomic E-state index is 0.0228. The predicted octanol–water partition coefficient (Wildman–Crippen LogP) is 3.41. The van der Waals surface area contributed by atoms with E-state index in [0.717, 1.165) is 27.8 Å². The molecule has 1 atom stereocenters. The maximum absolute atomic E-state index is 13.2. The van der Waals surface area contributed by atoms with Gasteiger partial charge in [0, 0.05) is 34.6 Å². The lowest BCUT2D eigenvalue weighted by molar-refractivity contribution is 0.620. The molecule has 2 N–H and O–H groups in total. The zero-order valence-electron chi connectivity index (χ0n) is 11.2. The van der Waals surface area contributed by atoms with Crippen molar-refractivity contribution in [1.29, 1.82) is 0 Å². The molecule has 2 heterocycles. The van der Waals surface area contributed by atoms with Gasteiger partial charge in [0.05, 0.1) is 0 Å². The molecule has 0 saturated carbocycles. The lowest BCUT2D eigenvalue weighted by atomic mass is 10.1. The lowest BCUT2D eigenvalue weighted by Gasteiger charge is -2.09. The summed E-state index contributed by atoms with van der Waals surface area (Å²) >= 11 is 1.64. The molecular formula is C15H16FN3S. The molecule has 0 saturated heterocycles. The van der Waals surface area contributed by atoms with Gasteiger partial charge in [-0.1, -0.05) is 0 Å². The van der Waals surface area contributed by atoms with E-state index >= 15 is 0 Å². The minimum Gasteiger partial charge on any atom is -0.323 e. The first kappa shape index (κ1) is 13.3. The highest BCUT2D eigenvalue weighted by molar-refractivity contribution is 7.19. The first-order valence-corrected chi connectivity index (χ1v) is 7.36. The van der Waals surface area contributed by atoms with E-state index in [1.54, 1.807) is 23.6 Å². The van der Waals surface area contributed by atoms with E-state index in [1.807, 2.05) is 29.9 Å². The van der Waals surface area contributed by atoms with Gasteiger partial charge in [0.1, 0.15) is 5.82 Å². The molecule has 0 bridgehead atoms. The van der Waals surface area contributed by atoms with Crippen LogP contribution in [0.2, 0.25) is 0 Å². The van der Waals surface area contributed by atoms with Crippen LogP contribution in [0.15, 0.2) is 36.5 Å². The van der Waals surface area contributed by atoms with Crippen molar-refractivity contribution in [3.63, 3.8) is 0 Å². The highest BCUT2D eigenvalue weighted by Crippen LogP contribution is 2.31. The molecule has 0 fully saturated rings. The van der Waals surface area contributed by atoms with Crippen LogP contribution in [0.25, 0.3) is 10.1 Å². The molecule has 3 rings (SSSR count). The van der Waals surface area contributed by atoms with Crippen molar-refractivity contribution in [3.05, 3.63) is 52.9 Å². The zero-order valence-corrected chi connectivity index (χ0v) is 12.0. The molecule has 104 valence electrons. The third-order valence-electron chi connectivity index (χ3n) is 3.50. The van der Waals surface area contributed by atoms with Crippen molar-refractivity contribution in [3.8, 4) is 0 Å². The number of benzene rings is 1. The van der Waals surface area contributed by atoms with E-state index in [9.17, 15) is 4.39 Å². The van der Waals surface area contributed by atoms with Crippen molar-refractivity contribution < 1.29 is 4.39 Å². The van der Waals surface area contributed by atoms with Gasteiger partial charge in [-0.25, -0.2) is 4.39 Å². The Kier molecular flexibility index (Phi) is 3.54. The average molecular weight is 289 g/mol. The molecule has 1 aromatic carbocycles. The molecule has 0 radical (unpaired) electrons. The topological polar surface area (TPSA) is 43.8 Å². The van der Waals surface area contributed by atoms with Crippen LogP contribution in [0, 0.1) is 5.82 Å². The van der Waals surface area contributed by atoms with Crippen molar-refractivity contribution in [1.82, 2.24) is 9.78 Å². The molecule has 2 aromatic heterocycles. The Balaban J connectivity index is 1.75. The maximum Gasteiger partial charge on any atom is 0.123 e. The second-order valence-corrected chi connectivity index (χ2v) is 6.04. The Morgan fingerprint density at radius 2 is 2.20 bits per heavy atom. The SMILES string of the molecule is Cn1nccc1CCC(N)c1cc2cc(F)ccc2s1. The molecule has 0 aliphatic rings. The van der Waals surface area contributed by atoms with Crippen LogP contribution in [0.3, 0.4) is 0 Å². The first-order valence-electron chi connectivity index (χ1n) is 6.55. The van der Waals surface area contributed by atoms with Crippen LogP contribution in [-0.4, -0.2) is 9.78 Å². The molecule has 0 spiro atoms. The lowest BCUT2D eigenvalue weighted by Crippen LogP contribution is -2.10. The van der Waals surface area contributed by atoms with Crippen LogP contribution in [0.1, 0.15) is 23.0 Å². The van der Waals surface area contributed by atoms with Crippen molar-refractivity contribution >= 4 is 21.4 Å². The van der Waals surface area contributed by atoms with Gasteiger partial charge in [-0.2, -0.15) is 5.10 Å². The molecule has 20 heavy (non-hydrogen) atoms. The molecule has 0 amide bonds. The van der Waals surface area contributed by atoms with Gasteiger partial charge in [0.15, 0.2) is 0 Å². The van der Waals surface area contributed by atoms with E-state index in [-0.39, 0.29) is 11.9 Å². The number of hydrogen-bond donors (Lipinski definition) is 1. The second-order valence-electron chi connectivity index (χ2n) is 4.92. The number of rotatable bonds is 4. The summed E-state index contributed by atoms with van der Waals surface area (Å²) in [5.41, 5.74) is 7.42. The van der Waals surface area contributed by atoms with Crippen molar-refractivity contribution in [2.45, 2.75) is 18.9 Å². The number of fused-ring (bicyclic) bond motifs is 1. The smallest absolute Gasteiger partial charge is 0.123 e. The van der Waals surface area contributed by atoms with Gasteiger partial charge in [-0.15, -0.1) is 11.3 Å². The molecule has 0 aliphatic carbocycles. The Morgan fingerprint density at radius 3 is 2.95 bits per heavy atom. The fraction of sp³-hybridized carbons (Fsp3) is 0.267. The third kappa shape index (κ3) is 2.59. The Labute approximate surface area is 120 Å². The number of aryl methyl sites for hydroxylation is 2. The zero-order chi connectivity index (χ0) is 14.1. The standard InChI is InChI=1S/C15H16FN3S/c1-19-12(6-7-18-19)3-4-13(17)15-9-10-8-11(16)2-5-14(10)20-15/h2,5-9,13H,3-4,17H2,1H3. The van der Waals surface area contributed by atoms with E-state index in [2.05, 4.69) is 5.10 Å².